The Morgan fingerprint density at radius 2 is 1.93 bits per heavy atom. The van der Waals surface area contributed by atoms with Crippen LogP contribution in [-0.4, -0.2) is 36.4 Å². The summed E-state index contributed by atoms with van der Waals surface area (Å²) in [5, 5.41) is 16.4. The second-order valence-corrected chi connectivity index (χ2v) is 5.84. The van der Waals surface area contributed by atoms with E-state index in [9.17, 15) is 10.1 Å². The van der Waals surface area contributed by atoms with Crippen LogP contribution in [0.15, 0.2) is 60.8 Å². The van der Waals surface area contributed by atoms with Crippen molar-refractivity contribution in [2.45, 2.75) is 0 Å². The van der Waals surface area contributed by atoms with Gasteiger partial charge in [-0.05, 0) is 24.3 Å². The molecule has 0 aliphatic carbocycles. The number of nitriles is 1. The van der Waals surface area contributed by atoms with Gasteiger partial charge in [0.15, 0.2) is 5.82 Å². The summed E-state index contributed by atoms with van der Waals surface area (Å²) in [4.78, 5) is 14.4. The van der Waals surface area contributed by atoms with Gasteiger partial charge in [-0.2, -0.15) is 10.4 Å². The number of benzene rings is 2. The summed E-state index contributed by atoms with van der Waals surface area (Å²) >= 11 is 0. The molecule has 136 valence electrons. The molecule has 1 amide bonds. The molecule has 0 saturated heterocycles. The summed E-state index contributed by atoms with van der Waals surface area (Å²) in [5.41, 5.74) is 1.85. The van der Waals surface area contributed by atoms with Gasteiger partial charge in [-0.25, -0.2) is 4.68 Å². The highest BCUT2D eigenvalue weighted by atomic mass is 16.5. The number of rotatable bonds is 6. The number of amides is 1. The molecule has 1 N–H and O–H groups in total. The summed E-state index contributed by atoms with van der Waals surface area (Å²) in [7, 11) is 3.39. The van der Waals surface area contributed by atoms with Gasteiger partial charge in [-0.3, -0.25) is 4.79 Å². The lowest BCUT2D eigenvalue weighted by molar-refractivity contribution is -0.115. The predicted octanol–water partition coefficient (Wildman–Crippen LogP) is 2.83. The average Bonchev–Trinajstić information content (AvgIpc) is 3.10. The fourth-order valence-corrected chi connectivity index (χ4v) is 2.73. The minimum absolute atomic E-state index is 0.0885. The van der Waals surface area contributed by atoms with Crippen LogP contribution < -0.4 is 15.0 Å². The van der Waals surface area contributed by atoms with E-state index >= 15 is 0 Å². The van der Waals surface area contributed by atoms with Gasteiger partial charge < -0.3 is 15.0 Å². The maximum atomic E-state index is 12.6. The van der Waals surface area contributed by atoms with Gasteiger partial charge >= 0.3 is 0 Å². The highest BCUT2D eigenvalue weighted by Crippen LogP contribution is 2.26. The summed E-state index contributed by atoms with van der Waals surface area (Å²) in [6.07, 6.45) is 1.44. The van der Waals surface area contributed by atoms with Crippen LogP contribution >= 0.6 is 0 Å². The molecule has 3 rings (SSSR count). The Bertz CT molecular complexity index is 976. The molecule has 0 bridgehead atoms. The van der Waals surface area contributed by atoms with E-state index in [1.807, 2.05) is 54.6 Å². The second-order valence-electron chi connectivity index (χ2n) is 5.84. The molecule has 0 fully saturated rings. The molecule has 1 aromatic heterocycles. The first-order valence-corrected chi connectivity index (χ1v) is 8.31. The fraction of sp³-hybridized carbons (Fsp3) is 0.150. The second kappa shape index (κ2) is 8.06. The molecule has 0 radical (unpaired) electrons. The number of likely N-dealkylation sites (N-methyl/N-ethyl adjacent to an activating group) is 1. The first-order valence-electron chi connectivity index (χ1n) is 8.31. The van der Waals surface area contributed by atoms with Crippen molar-refractivity contribution in [1.29, 1.82) is 5.26 Å². The number of carbonyl (C=O) groups is 1. The van der Waals surface area contributed by atoms with Crippen LogP contribution in [0.4, 0.5) is 11.5 Å². The summed E-state index contributed by atoms with van der Waals surface area (Å²) in [6.45, 7) is 0.0885. The van der Waals surface area contributed by atoms with Gasteiger partial charge in [0.05, 0.1) is 31.2 Å². The largest absolute Gasteiger partial charge is 0.495 e. The molecule has 27 heavy (non-hydrogen) atoms. The van der Waals surface area contributed by atoms with Crippen molar-refractivity contribution in [3.63, 3.8) is 0 Å². The highest BCUT2D eigenvalue weighted by Gasteiger charge is 2.17. The van der Waals surface area contributed by atoms with Crippen LogP contribution in [0.25, 0.3) is 5.69 Å². The Hall–Kier alpha value is -3.79. The zero-order valence-corrected chi connectivity index (χ0v) is 15.1. The smallest absolute Gasteiger partial charge is 0.245 e. The number of nitrogens with one attached hydrogen (secondary N) is 1. The van der Waals surface area contributed by atoms with Crippen LogP contribution in [0.5, 0.6) is 5.75 Å². The number of anilines is 2. The van der Waals surface area contributed by atoms with E-state index in [1.54, 1.807) is 23.7 Å². The maximum Gasteiger partial charge on any atom is 0.245 e. The van der Waals surface area contributed by atoms with Crippen LogP contribution in [0.1, 0.15) is 5.56 Å². The number of carbonyl (C=O) groups excluding carboxylic acids is 1. The first kappa shape index (κ1) is 18.0. The van der Waals surface area contributed by atoms with Crippen LogP contribution in [0, 0.1) is 11.3 Å². The van der Waals surface area contributed by atoms with Crippen molar-refractivity contribution < 1.29 is 9.53 Å². The SMILES string of the molecule is COc1ccccc1N(C)CC(=O)Nc1c(C#N)cnn1-c1ccccc1. The Labute approximate surface area is 157 Å². The van der Waals surface area contributed by atoms with E-state index in [0.29, 0.717) is 17.1 Å². The number of hydrogen-bond acceptors (Lipinski definition) is 5. The topological polar surface area (TPSA) is 83.2 Å². The van der Waals surface area contributed by atoms with Crippen molar-refractivity contribution in [2.75, 3.05) is 30.9 Å². The quantitative estimate of drug-likeness (QED) is 0.730. The molecule has 7 heteroatoms. The lowest BCUT2D eigenvalue weighted by Gasteiger charge is -2.21. The predicted molar refractivity (Wildman–Crippen MR) is 103 cm³/mol. The van der Waals surface area contributed by atoms with E-state index in [-0.39, 0.29) is 12.5 Å². The number of methoxy groups -OCH3 is 1. The van der Waals surface area contributed by atoms with E-state index in [2.05, 4.69) is 16.5 Å². The van der Waals surface area contributed by atoms with Crippen molar-refractivity contribution in [1.82, 2.24) is 9.78 Å². The molecule has 1 heterocycles. The third-order valence-corrected chi connectivity index (χ3v) is 4.03. The standard InChI is InChI=1S/C20H19N5O2/c1-24(17-10-6-7-11-18(17)27-2)14-19(26)23-20-15(12-21)13-22-25(20)16-8-4-3-5-9-16/h3-11,13H,14H2,1-2H3,(H,23,26). The molecule has 0 aliphatic heterocycles. The molecular formula is C20H19N5O2. The molecule has 0 spiro atoms. The molecule has 2 aromatic carbocycles. The number of aromatic nitrogens is 2. The van der Waals surface area contributed by atoms with Crippen molar-refractivity contribution >= 4 is 17.4 Å². The number of hydrogen-bond donors (Lipinski definition) is 1. The molecule has 7 nitrogen and oxygen atoms in total. The first-order chi connectivity index (χ1) is 13.1. The minimum atomic E-state index is -0.266. The van der Waals surface area contributed by atoms with Crippen molar-refractivity contribution in [3.8, 4) is 17.5 Å². The molecular weight excluding hydrogens is 342 g/mol. The van der Waals surface area contributed by atoms with Gasteiger partial charge in [0.25, 0.3) is 0 Å². The number of para-hydroxylation sites is 3. The van der Waals surface area contributed by atoms with E-state index in [4.69, 9.17) is 4.74 Å². The molecule has 0 unspecified atom stereocenters. The Kier molecular flexibility index (Phi) is 5.38. The van der Waals surface area contributed by atoms with Gasteiger partial charge in [0.1, 0.15) is 17.4 Å². The maximum absolute atomic E-state index is 12.6. The Morgan fingerprint density at radius 3 is 2.63 bits per heavy atom. The van der Waals surface area contributed by atoms with Gasteiger partial charge in [-0.15, -0.1) is 0 Å². The normalized spacial score (nSPS) is 10.1. The van der Waals surface area contributed by atoms with Crippen LogP contribution in [0.3, 0.4) is 0 Å². The third-order valence-electron chi connectivity index (χ3n) is 4.03. The Morgan fingerprint density at radius 1 is 1.22 bits per heavy atom. The summed E-state index contributed by atoms with van der Waals surface area (Å²) < 4.78 is 6.88. The van der Waals surface area contributed by atoms with E-state index in [0.717, 1.165) is 11.4 Å². The Balaban J connectivity index is 1.80. The van der Waals surface area contributed by atoms with Crippen molar-refractivity contribution in [2.24, 2.45) is 0 Å². The lowest BCUT2D eigenvalue weighted by Crippen LogP contribution is -2.31. The number of ether oxygens (including phenoxy) is 1. The molecule has 0 saturated carbocycles. The van der Waals surface area contributed by atoms with Gasteiger partial charge in [0.2, 0.25) is 5.91 Å². The molecule has 3 aromatic rings. The van der Waals surface area contributed by atoms with Gasteiger partial charge in [0, 0.05) is 7.05 Å². The van der Waals surface area contributed by atoms with Crippen molar-refractivity contribution in [3.05, 3.63) is 66.4 Å². The van der Waals surface area contributed by atoms with Crippen LogP contribution in [-0.2, 0) is 4.79 Å². The zero-order chi connectivity index (χ0) is 19.2. The van der Waals surface area contributed by atoms with Crippen LogP contribution in [0.2, 0.25) is 0 Å². The summed E-state index contributed by atoms with van der Waals surface area (Å²) in [6, 6.07) is 18.8. The molecule has 0 aliphatic rings. The summed E-state index contributed by atoms with van der Waals surface area (Å²) in [5.74, 6) is 0.763. The third kappa shape index (κ3) is 3.90. The minimum Gasteiger partial charge on any atom is -0.495 e. The van der Waals surface area contributed by atoms with E-state index in [1.165, 1.54) is 6.20 Å². The monoisotopic (exact) mass is 361 g/mol. The molecule has 0 atom stereocenters. The highest BCUT2D eigenvalue weighted by molar-refractivity contribution is 5.94. The number of nitrogens with zero attached hydrogens (tertiary/aromatic N) is 4. The van der Waals surface area contributed by atoms with E-state index < -0.39 is 0 Å². The van der Waals surface area contributed by atoms with Gasteiger partial charge in [-0.1, -0.05) is 30.3 Å². The average molecular weight is 361 g/mol. The lowest BCUT2D eigenvalue weighted by atomic mass is 10.2. The fourth-order valence-electron chi connectivity index (χ4n) is 2.73. The zero-order valence-electron chi connectivity index (χ0n) is 15.1.